The molecule has 0 unspecified atom stereocenters. The fourth-order valence-corrected chi connectivity index (χ4v) is 3.82. The molecule has 0 amide bonds. The summed E-state index contributed by atoms with van der Waals surface area (Å²) in [5, 5.41) is 13.0. The number of H-pyrrole nitrogens is 1. The van der Waals surface area contributed by atoms with Gasteiger partial charge in [0.1, 0.15) is 17.8 Å². The molecule has 1 aliphatic heterocycles. The summed E-state index contributed by atoms with van der Waals surface area (Å²) in [5.41, 5.74) is 4.56. The van der Waals surface area contributed by atoms with Gasteiger partial charge in [0, 0.05) is 43.4 Å². The van der Waals surface area contributed by atoms with E-state index in [4.69, 9.17) is 4.74 Å². The van der Waals surface area contributed by atoms with E-state index in [1.165, 1.54) is 0 Å². The molecular weight excluding hydrogens is 366 g/mol. The Morgan fingerprint density at radius 2 is 2.03 bits per heavy atom. The first-order chi connectivity index (χ1) is 14.0. The van der Waals surface area contributed by atoms with Crippen LogP contribution in [-0.2, 0) is 11.8 Å². The number of morpholine rings is 1. The van der Waals surface area contributed by atoms with E-state index < -0.39 is 0 Å². The molecule has 1 aliphatic rings. The Balaban J connectivity index is 1.54. The quantitative estimate of drug-likeness (QED) is 0.580. The molecule has 1 N–H and O–H groups in total. The highest BCUT2D eigenvalue weighted by molar-refractivity contribution is 5.95. The van der Waals surface area contributed by atoms with Crippen LogP contribution in [0.1, 0.15) is 13.8 Å². The van der Waals surface area contributed by atoms with Crippen LogP contribution in [-0.4, -0.2) is 55.2 Å². The Bertz CT molecular complexity index is 1180. The van der Waals surface area contributed by atoms with Gasteiger partial charge in [0.05, 0.1) is 29.6 Å². The number of aromatic nitrogens is 6. The molecule has 0 atom stereocenters. The van der Waals surface area contributed by atoms with Gasteiger partial charge in [-0.1, -0.05) is 6.07 Å². The monoisotopic (exact) mass is 389 g/mol. The van der Waals surface area contributed by atoms with Crippen molar-refractivity contribution in [3.63, 3.8) is 0 Å². The van der Waals surface area contributed by atoms with Crippen molar-refractivity contribution in [1.82, 2.24) is 29.9 Å². The van der Waals surface area contributed by atoms with Gasteiger partial charge in [-0.25, -0.2) is 9.97 Å². The van der Waals surface area contributed by atoms with Gasteiger partial charge >= 0.3 is 0 Å². The van der Waals surface area contributed by atoms with Crippen molar-refractivity contribution in [2.75, 3.05) is 24.6 Å². The molecule has 1 saturated heterocycles. The number of hydrogen-bond acceptors (Lipinski definition) is 6. The van der Waals surface area contributed by atoms with E-state index in [1.807, 2.05) is 31.6 Å². The maximum Gasteiger partial charge on any atom is 0.132 e. The molecule has 3 aromatic heterocycles. The molecule has 0 radical (unpaired) electrons. The van der Waals surface area contributed by atoms with Crippen molar-refractivity contribution in [2.45, 2.75) is 19.4 Å². The molecule has 5 rings (SSSR count). The zero-order chi connectivity index (χ0) is 20.0. The molecule has 8 nitrogen and oxygen atoms in total. The van der Waals surface area contributed by atoms with E-state index in [1.54, 1.807) is 11.0 Å². The number of anilines is 1. The lowest BCUT2D eigenvalue weighted by atomic mass is 10.0. The molecular formula is C21H23N7O. The normalized spacial score (nSPS) is 16.4. The molecule has 4 aromatic rings. The highest BCUT2D eigenvalue weighted by Gasteiger charge is 2.28. The predicted molar refractivity (Wildman–Crippen MR) is 112 cm³/mol. The van der Waals surface area contributed by atoms with Crippen LogP contribution in [0, 0.1) is 0 Å². The summed E-state index contributed by atoms with van der Waals surface area (Å²) in [7, 11) is 1.92. The largest absolute Gasteiger partial charge is 0.372 e. The minimum Gasteiger partial charge on any atom is -0.372 e. The fraction of sp³-hybridized carbons (Fsp3) is 0.333. The molecule has 0 aliphatic carbocycles. The summed E-state index contributed by atoms with van der Waals surface area (Å²) in [6.07, 6.45) is 5.48. The second kappa shape index (κ2) is 6.66. The third kappa shape index (κ3) is 3.36. The van der Waals surface area contributed by atoms with Gasteiger partial charge in [-0.2, -0.15) is 10.2 Å². The first-order valence-corrected chi connectivity index (χ1v) is 9.67. The fourth-order valence-electron chi connectivity index (χ4n) is 3.82. The zero-order valence-corrected chi connectivity index (χ0v) is 16.8. The molecule has 4 heterocycles. The van der Waals surface area contributed by atoms with E-state index >= 15 is 0 Å². The second-order valence-electron chi connectivity index (χ2n) is 8.03. The zero-order valence-electron chi connectivity index (χ0n) is 16.8. The maximum absolute atomic E-state index is 5.82. The molecule has 148 valence electrons. The third-order valence-corrected chi connectivity index (χ3v) is 5.25. The first kappa shape index (κ1) is 17.8. The van der Waals surface area contributed by atoms with E-state index in [2.05, 4.69) is 56.1 Å². The van der Waals surface area contributed by atoms with E-state index in [-0.39, 0.29) is 5.60 Å². The molecule has 1 aromatic carbocycles. The van der Waals surface area contributed by atoms with Crippen molar-refractivity contribution in [2.24, 2.45) is 7.05 Å². The molecule has 29 heavy (non-hydrogen) atoms. The van der Waals surface area contributed by atoms with Gasteiger partial charge < -0.3 is 9.64 Å². The average molecular weight is 389 g/mol. The van der Waals surface area contributed by atoms with Crippen LogP contribution in [0.4, 0.5) is 5.82 Å². The summed E-state index contributed by atoms with van der Waals surface area (Å²) in [4.78, 5) is 11.2. The van der Waals surface area contributed by atoms with Crippen molar-refractivity contribution >= 4 is 16.7 Å². The Morgan fingerprint density at radius 1 is 1.14 bits per heavy atom. The van der Waals surface area contributed by atoms with Gasteiger partial charge in [0.2, 0.25) is 0 Å². The van der Waals surface area contributed by atoms with E-state index in [0.717, 1.165) is 52.3 Å². The summed E-state index contributed by atoms with van der Waals surface area (Å²) in [6, 6.07) is 8.25. The number of fused-ring (bicyclic) bond motifs is 1. The van der Waals surface area contributed by atoms with Gasteiger partial charge in [-0.05, 0) is 31.5 Å². The van der Waals surface area contributed by atoms with Crippen molar-refractivity contribution in [3.8, 4) is 22.5 Å². The minimum absolute atomic E-state index is 0.193. The number of benzene rings is 1. The number of aromatic amines is 1. The van der Waals surface area contributed by atoms with Crippen LogP contribution in [0.2, 0.25) is 0 Å². The van der Waals surface area contributed by atoms with Gasteiger partial charge in [-0.15, -0.1) is 0 Å². The lowest BCUT2D eigenvalue weighted by molar-refractivity contribution is -0.0279. The number of nitrogens with one attached hydrogen (secondary N) is 1. The Morgan fingerprint density at radius 3 is 2.83 bits per heavy atom. The lowest BCUT2D eigenvalue weighted by Crippen LogP contribution is -2.48. The second-order valence-corrected chi connectivity index (χ2v) is 8.03. The van der Waals surface area contributed by atoms with Crippen molar-refractivity contribution < 1.29 is 4.74 Å². The summed E-state index contributed by atoms with van der Waals surface area (Å²) >= 11 is 0. The smallest absolute Gasteiger partial charge is 0.132 e. The number of aryl methyl sites for hydroxylation is 1. The minimum atomic E-state index is -0.193. The van der Waals surface area contributed by atoms with E-state index in [9.17, 15) is 0 Å². The standard InChI is InChI=1S/C21H23N7O/c1-21(2)12-28(6-7-29-21)19-9-18(22-13-23-19)20-16-8-14(4-5-17(16)25-26-20)15-10-24-27(3)11-15/h4-5,8-11,13H,6-7,12H2,1-3H3,(H,25,26). The summed E-state index contributed by atoms with van der Waals surface area (Å²) in [6.45, 7) is 6.49. The number of ether oxygens (including phenoxy) is 1. The lowest BCUT2D eigenvalue weighted by Gasteiger charge is -2.38. The third-order valence-electron chi connectivity index (χ3n) is 5.25. The van der Waals surface area contributed by atoms with Crippen LogP contribution in [0.5, 0.6) is 0 Å². The van der Waals surface area contributed by atoms with Gasteiger partial charge in [-0.3, -0.25) is 9.78 Å². The van der Waals surface area contributed by atoms with Crippen LogP contribution in [0.15, 0.2) is 43.0 Å². The predicted octanol–water partition coefficient (Wildman–Crippen LogP) is 3.04. The van der Waals surface area contributed by atoms with Crippen LogP contribution in [0.3, 0.4) is 0 Å². The van der Waals surface area contributed by atoms with Gasteiger partial charge in [0.25, 0.3) is 0 Å². The summed E-state index contributed by atoms with van der Waals surface area (Å²) < 4.78 is 7.63. The number of nitrogens with zero attached hydrogens (tertiary/aromatic N) is 6. The van der Waals surface area contributed by atoms with E-state index in [0.29, 0.717) is 6.61 Å². The molecule has 0 bridgehead atoms. The Labute approximate surface area is 168 Å². The number of hydrogen-bond donors (Lipinski definition) is 1. The maximum atomic E-state index is 5.82. The summed E-state index contributed by atoms with van der Waals surface area (Å²) in [5.74, 6) is 0.894. The first-order valence-electron chi connectivity index (χ1n) is 9.67. The number of rotatable bonds is 3. The Hall–Kier alpha value is -3.26. The highest BCUT2D eigenvalue weighted by atomic mass is 16.5. The molecule has 8 heteroatoms. The van der Waals surface area contributed by atoms with Crippen LogP contribution < -0.4 is 4.90 Å². The molecule has 0 spiro atoms. The highest BCUT2D eigenvalue weighted by Crippen LogP contribution is 2.31. The average Bonchev–Trinajstić information content (AvgIpc) is 3.33. The van der Waals surface area contributed by atoms with Crippen molar-refractivity contribution in [1.29, 1.82) is 0 Å². The van der Waals surface area contributed by atoms with Crippen LogP contribution in [0.25, 0.3) is 33.4 Å². The Kier molecular flexibility index (Phi) is 4.09. The SMILES string of the molecule is Cn1cc(-c2ccc3[nH]nc(-c4cc(N5CCOC(C)(C)C5)ncn4)c3c2)cn1. The molecule has 0 saturated carbocycles. The molecule has 1 fully saturated rings. The van der Waals surface area contributed by atoms with Gasteiger partial charge in [0.15, 0.2) is 0 Å². The van der Waals surface area contributed by atoms with Crippen molar-refractivity contribution in [3.05, 3.63) is 43.0 Å². The topological polar surface area (TPSA) is 84.8 Å². The van der Waals surface area contributed by atoms with Crippen LogP contribution >= 0.6 is 0 Å².